The number of amides is 1. The molecule has 1 fully saturated rings. The van der Waals surface area contributed by atoms with Crippen molar-refractivity contribution in [2.45, 2.75) is 51.9 Å². The predicted octanol–water partition coefficient (Wildman–Crippen LogP) is 6.45. The molecule has 158 valence electrons. The Bertz CT molecular complexity index is 1110. The number of ether oxygens (including phenoxy) is 1. The molecule has 1 amide bonds. The zero-order chi connectivity index (χ0) is 21.4. The average Bonchev–Trinajstić information content (AvgIpc) is 3.55. The minimum atomic E-state index is -0.263. The van der Waals surface area contributed by atoms with Crippen molar-refractivity contribution in [2.75, 3.05) is 5.32 Å². The summed E-state index contributed by atoms with van der Waals surface area (Å²) in [6, 6.07) is 23.5. The van der Waals surface area contributed by atoms with E-state index in [2.05, 4.69) is 55.6 Å². The molecule has 4 nitrogen and oxygen atoms in total. The zero-order valence-corrected chi connectivity index (χ0v) is 18.1. The fraction of sp³-hybridized carbons (Fsp3) is 0.296. The molecule has 1 unspecified atom stereocenters. The number of carbonyl (C=O) groups excluding carboxylic acids is 1. The van der Waals surface area contributed by atoms with Gasteiger partial charge in [0.25, 0.3) is 0 Å². The molecule has 1 N–H and O–H groups in total. The molecule has 0 radical (unpaired) electrons. The van der Waals surface area contributed by atoms with Crippen LogP contribution >= 0.6 is 0 Å². The van der Waals surface area contributed by atoms with Crippen molar-refractivity contribution in [1.29, 1.82) is 0 Å². The Morgan fingerprint density at radius 1 is 1.06 bits per heavy atom. The number of fused-ring (bicyclic) bond motifs is 1. The van der Waals surface area contributed by atoms with Crippen LogP contribution in [0.4, 0.5) is 10.5 Å². The Hall–Kier alpha value is -3.27. The lowest BCUT2D eigenvalue weighted by Gasteiger charge is -2.21. The van der Waals surface area contributed by atoms with Gasteiger partial charge in [0.1, 0.15) is 6.61 Å². The van der Waals surface area contributed by atoms with Gasteiger partial charge < -0.3 is 10.1 Å². The van der Waals surface area contributed by atoms with Gasteiger partial charge in [-0.25, -0.2) is 4.79 Å². The van der Waals surface area contributed by atoms with Crippen LogP contribution in [-0.2, 0) is 17.9 Å². The minimum absolute atomic E-state index is 0.0105. The molecule has 3 aromatic rings. The molecule has 0 saturated heterocycles. The fourth-order valence-corrected chi connectivity index (χ4v) is 4.38. The topological polar surface area (TPSA) is 41.6 Å². The molecular weight excluding hydrogens is 384 g/mol. The monoisotopic (exact) mass is 412 g/mol. The third-order valence-electron chi connectivity index (χ3n) is 6.42. The Morgan fingerprint density at radius 3 is 2.65 bits per heavy atom. The molecule has 1 atom stereocenters. The molecule has 0 spiro atoms. The molecule has 1 aliphatic heterocycles. The van der Waals surface area contributed by atoms with Gasteiger partial charge in [-0.15, -0.1) is 0 Å². The summed E-state index contributed by atoms with van der Waals surface area (Å²) >= 11 is 0. The summed E-state index contributed by atoms with van der Waals surface area (Å²) in [5, 5.41) is 3.63. The zero-order valence-electron chi connectivity index (χ0n) is 18.1. The number of nitrogens with one attached hydrogen (secondary N) is 1. The second-order valence-electron chi connectivity index (χ2n) is 8.65. The lowest BCUT2D eigenvalue weighted by atomic mass is 9.95. The predicted molar refractivity (Wildman–Crippen MR) is 124 cm³/mol. The van der Waals surface area contributed by atoms with E-state index in [9.17, 15) is 4.79 Å². The first kappa shape index (κ1) is 19.7. The number of carbonyl (C=O) groups is 1. The van der Waals surface area contributed by atoms with Crippen LogP contribution in [0, 0.1) is 6.92 Å². The van der Waals surface area contributed by atoms with Gasteiger partial charge in [-0.3, -0.25) is 4.90 Å². The lowest BCUT2D eigenvalue weighted by molar-refractivity contribution is 0.0859. The number of benzene rings is 3. The van der Waals surface area contributed by atoms with Crippen molar-refractivity contribution in [3.05, 3.63) is 89.0 Å². The highest BCUT2D eigenvalue weighted by molar-refractivity contribution is 5.76. The molecule has 3 aromatic carbocycles. The summed E-state index contributed by atoms with van der Waals surface area (Å²) in [4.78, 5) is 14.6. The van der Waals surface area contributed by atoms with Gasteiger partial charge in [0.15, 0.2) is 0 Å². The maximum Gasteiger partial charge on any atom is 0.410 e. The molecule has 1 aliphatic carbocycles. The van der Waals surface area contributed by atoms with Crippen molar-refractivity contribution in [1.82, 2.24) is 4.90 Å². The quantitative estimate of drug-likeness (QED) is 0.524. The Kier molecular flexibility index (Phi) is 5.14. The highest BCUT2D eigenvalue weighted by atomic mass is 16.6. The van der Waals surface area contributed by atoms with Crippen LogP contribution in [0.1, 0.15) is 48.1 Å². The van der Waals surface area contributed by atoms with Gasteiger partial charge >= 0.3 is 6.09 Å². The number of anilines is 1. The molecule has 4 heteroatoms. The van der Waals surface area contributed by atoms with E-state index in [1.807, 2.05) is 35.2 Å². The standard InChI is InChI=1S/C27H28N2O2/c1-18-24(9-6-10-26(18)28-23-12-13-23)21-11-14-25-19(2)29(16-22(25)15-21)27(30)31-17-20-7-4-3-5-8-20/h3-11,14-15,19,23,28H,12-13,16-17H2,1-2H3. The first-order chi connectivity index (χ1) is 15.1. The van der Waals surface area contributed by atoms with E-state index in [4.69, 9.17) is 4.74 Å². The van der Waals surface area contributed by atoms with Crippen molar-refractivity contribution >= 4 is 11.8 Å². The Labute approximate surface area is 183 Å². The third kappa shape index (κ3) is 4.02. The number of rotatable bonds is 5. The van der Waals surface area contributed by atoms with Crippen LogP contribution in [0.25, 0.3) is 11.1 Å². The van der Waals surface area contributed by atoms with E-state index in [0.29, 0.717) is 19.2 Å². The summed E-state index contributed by atoms with van der Waals surface area (Å²) in [6.45, 7) is 5.13. The van der Waals surface area contributed by atoms with E-state index in [1.54, 1.807) is 0 Å². The van der Waals surface area contributed by atoms with Crippen molar-refractivity contribution in [3.8, 4) is 11.1 Å². The van der Waals surface area contributed by atoms with Gasteiger partial charge in [-0.1, -0.05) is 54.6 Å². The largest absolute Gasteiger partial charge is 0.445 e. The van der Waals surface area contributed by atoms with E-state index in [-0.39, 0.29) is 12.1 Å². The number of hydrogen-bond donors (Lipinski definition) is 1. The molecular formula is C27H28N2O2. The van der Waals surface area contributed by atoms with Crippen molar-refractivity contribution in [3.63, 3.8) is 0 Å². The second kappa shape index (κ2) is 8.10. The van der Waals surface area contributed by atoms with Gasteiger partial charge in [0, 0.05) is 18.3 Å². The number of nitrogens with zero attached hydrogens (tertiary/aromatic N) is 1. The van der Waals surface area contributed by atoms with Gasteiger partial charge in [-0.05, 0) is 72.2 Å². The Balaban J connectivity index is 1.33. The van der Waals surface area contributed by atoms with Gasteiger partial charge in [0.2, 0.25) is 0 Å². The summed E-state index contributed by atoms with van der Waals surface area (Å²) in [5.41, 5.74) is 8.33. The van der Waals surface area contributed by atoms with E-state index < -0.39 is 0 Å². The minimum Gasteiger partial charge on any atom is -0.445 e. The summed E-state index contributed by atoms with van der Waals surface area (Å²) in [6.07, 6.45) is 2.26. The van der Waals surface area contributed by atoms with E-state index >= 15 is 0 Å². The van der Waals surface area contributed by atoms with Crippen molar-refractivity contribution in [2.24, 2.45) is 0 Å². The maximum absolute atomic E-state index is 12.8. The van der Waals surface area contributed by atoms with Crippen LogP contribution in [0.5, 0.6) is 0 Å². The summed E-state index contributed by atoms with van der Waals surface area (Å²) < 4.78 is 5.58. The average molecular weight is 413 g/mol. The highest BCUT2D eigenvalue weighted by Crippen LogP contribution is 2.38. The van der Waals surface area contributed by atoms with Crippen molar-refractivity contribution < 1.29 is 9.53 Å². The van der Waals surface area contributed by atoms with Crippen LogP contribution in [0.2, 0.25) is 0 Å². The fourth-order valence-electron chi connectivity index (χ4n) is 4.38. The van der Waals surface area contributed by atoms with E-state index in [1.165, 1.54) is 46.3 Å². The molecule has 1 saturated carbocycles. The van der Waals surface area contributed by atoms with Crippen LogP contribution in [0.15, 0.2) is 66.7 Å². The first-order valence-electron chi connectivity index (χ1n) is 11.1. The smallest absolute Gasteiger partial charge is 0.410 e. The van der Waals surface area contributed by atoms with Crippen LogP contribution < -0.4 is 5.32 Å². The Morgan fingerprint density at radius 2 is 1.87 bits per heavy atom. The van der Waals surface area contributed by atoms with E-state index in [0.717, 1.165) is 5.56 Å². The first-order valence-corrected chi connectivity index (χ1v) is 11.1. The normalized spacial score (nSPS) is 17.4. The van der Waals surface area contributed by atoms with Gasteiger partial charge in [-0.2, -0.15) is 0 Å². The second-order valence-corrected chi connectivity index (χ2v) is 8.65. The van der Waals surface area contributed by atoms with Crippen LogP contribution in [-0.4, -0.2) is 17.0 Å². The third-order valence-corrected chi connectivity index (χ3v) is 6.42. The molecule has 0 aromatic heterocycles. The molecule has 1 heterocycles. The highest BCUT2D eigenvalue weighted by Gasteiger charge is 2.32. The molecule has 0 bridgehead atoms. The SMILES string of the molecule is Cc1c(NC2CC2)cccc1-c1ccc2c(c1)CN(C(=O)OCc1ccccc1)C2C. The molecule has 2 aliphatic rings. The number of hydrogen-bond acceptors (Lipinski definition) is 3. The summed E-state index contributed by atoms with van der Waals surface area (Å²) in [7, 11) is 0. The summed E-state index contributed by atoms with van der Waals surface area (Å²) in [5.74, 6) is 0. The lowest BCUT2D eigenvalue weighted by Crippen LogP contribution is -2.28. The molecule has 5 rings (SSSR count). The van der Waals surface area contributed by atoms with Crippen LogP contribution in [0.3, 0.4) is 0 Å². The van der Waals surface area contributed by atoms with Gasteiger partial charge in [0.05, 0.1) is 6.04 Å². The molecule has 31 heavy (non-hydrogen) atoms. The maximum atomic E-state index is 12.8.